The van der Waals surface area contributed by atoms with Gasteiger partial charge in [0, 0.05) is 18.2 Å². The molecule has 0 unspecified atom stereocenters. The largest absolute Gasteiger partial charge is 0.573 e. The topological polar surface area (TPSA) is 68.3 Å². The third kappa shape index (κ3) is 7.62. The average molecular weight is 643 g/mol. The summed E-state index contributed by atoms with van der Waals surface area (Å²) in [5.74, 6) is -0.854. The first kappa shape index (κ1) is 33.1. The van der Waals surface area contributed by atoms with E-state index in [1.807, 2.05) is 0 Å². The molecule has 16 heteroatoms. The van der Waals surface area contributed by atoms with Crippen molar-refractivity contribution in [1.82, 2.24) is 4.90 Å². The molecule has 2 aliphatic rings. The average Bonchev–Trinajstić information content (AvgIpc) is 3.73. The minimum atomic E-state index is -5.16. The molecule has 242 valence electrons. The number of hydrogen-bond acceptors (Lipinski definition) is 5. The molecular formula is C28H27F9N2O5. The van der Waals surface area contributed by atoms with Gasteiger partial charge in [0.1, 0.15) is 5.75 Å². The second-order valence-electron chi connectivity index (χ2n) is 10.7. The van der Waals surface area contributed by atoms with Gasteiger partial charge < -0.3 is 14.2 Å². The summed E-state index contributed by atoms with van der Waals surface area (Å²) < 4.78 is 135. The highest BCUT2D eigenvalue weighted by Crippen LogP contribution is 2.50. The quantitative estimate of drug-likeness (QED) is 0.296. The predicted molar refractivity (Wildman–Crippen MR) is 135 cm³/mol. The molecule has 1 aliphatic heterocycles. The van der Waals surface area contributed by atoms with E-state index in [4.69, 9.17) is 9.47 Å². The molecule has 0 radical (unpaired) electrons. The van der Waals surface area contributed by atoms with Crippen LogP contribution < -0.4 is 9.64 Å². The lowest BCUT2D eigenvalue weighted by Crippen LogP contribution is -2.50. The first-order valence-electron chi connectivity index (χ1n) is 13.3. The van der Waals surface area contributed by atoms with Crippen LogP contribution in [0.15, 0.2) is 36.4 Å². The van der Waals surface area contributed by atoms with Crippen LogP contribution in [0.25, 0.3) is 0 Å². The van der Waals surface area contributed by atoms with Crippen molar-refractivity contribution < 1.29 is 63.3 Å². The predicted octanol–water partition coefficient (Wildman–Crippen LogP) is 8.47. The number of methoxy groups -OCH3 is 1. The Labute approximate surface area is 245 Å². The molecular weight excluding hydrogens is 615 g/mol. The monoisotopic (exact) mass is 642 g/mol. The molecule has 2 aromatic carbocycles. The molecule has 2 atom stereocenters. The lowest BCUT2D eigenvalue weighted by atomic mass is 9.87. The van der Waals surface area contributed by atoms with Crippen LogP contribution in [0.3, 0.4) is 0 Å². The molecule has 1 heterocycles. The van der Waals surface area contributed by atoms with Crippen molar-refractivity contribution in [3.05, 3.63) is 58.7 Å². The van der Waals surface area contributed by atoms with Crippen LogP contribution in [-0.4, -0.2) is 42.7 Å². The molecule has 2 aromatic rings. The maximum Gasteiger partial charge on any atom is 0.573 e. The van der Waals surface area contributed by atoms with E-state index in [0.717, 1.165) is 30.2 Å². The zero-order chi connectivity index (χ0) is 32.8. The van der Waals surface area contributed by atoms with Crippen LogP contribution in [-0.2, 0) is 28.4 Å². The summed E-state index contributed by atoms with van der Waals surface area (Å²) in [6.45, 7) is 2.32. The van der Waals surface area contributed by atoms with E-state index in [1.165, 1.54) is 4.90 Å². The summed E-state index contributed by atoms with van der Waals surface area (Å²) in [4.78, 5) is 28.4. The van der Waals surface area contributed by atoms with Crippen molar-refractivity contribution in [3.8, 4) is 5.75 Å². The van der Waals surface area contributed by atoms with Gasteiger partial charge >= 0.3 is 30.9 Å². The van der Waals surface area contributed by atoms with E-state index in [0.29, 0.717) is 25.0 Å². The van der Waals surface area contributed by atoms with Crippen molar-refractivity contribution in [2.24, 2.45) is 5.92 Å². The van der Waals surface area contributed by atoms with E-state index in [1.54, 1.807) is 13.8 Å². The number of rotatable bonds is 6. The van der Waals surface area contributed by atoms with Gasteiger partial charge in [-0.3, -0.25) is 9.80 Å². The molecule has 0 aromatic heterocycles. The van der Waals surface area contributed by atoms with Crippen LogP contribution in [0.4, 0.5) is 54.8 Å². The van der Waals surface area contributed by atoms with Gasteiger partial charge in [-0.2, -0.15) is 26.3 Å². The first-order chi connectivity index (χ1) is 20.3. The van der Waals surface area contributed by atoms with E-state index in [-0.39, 0.29) is 29.7 Å². The van der Waals surface area contributed by atoms with E-state index in [2.05, 4.69) is 4.74 Å². The molecule has 44 heavy (non-hydrogen) atoms. The molecule has 0 N–H and O–H groups in total. The summed E-state index contributed by atoms with van der Waals surface area (Å²) in [7, 11) is 0.931. The molecule has 0 spiro atoms. The Morgan fingerprint density at radius 3 is 2.00 bits per heavy atom. The highest BCUT2D eigenvalue weighted by atomic mass is 19.4. The van der Waals surface area contributed by atoms with Gasteiger partial charge in [0.05, 0.1) is 36.1 Å². The highest BCUT2D eigenvalue weighted by Gasteiger charge is 2.48. The number of anilines is 1. The second-order valence-corrected chi connectivity index (χ2v) is 10.7. The van der Waals surface area contributed by atoms with Crippen molar-refractivity contribution in [2.75, 3.05) is 12.0 Å². The molecule has 0 saturated heterocycles. The maximum atomic E-state index is 13.6. The second kappa shape index (κ2) is 11.9. The van der Waals surface area contributed by atoms with Gasteiger partial charge in [0.25, 0.3) is 0 Å². The summed E-state index contributed by atoms with van der Waals surface area (Å²) in [6, 6.07) is 1.91. The standard InChI is InChI=1S/C28H27F9N2O5/c1-14(2)43-25(41)39-21-7-6-19(44-28(35,36)37)11-20(21)23(12-22(39)16-4-5-16)38(24(40)42-3)13-15-8-17(26(29,30)31)10-18(9-15)27(32,33)34/h6-11,14,16,22-23H,4-5,12-13H2,1-3H3/t22-,23-/m1/s1. The SMILES string of the molecule is COC(=O)N(Cc1cc(C(F)(F)F)cc(C(F)(F)F)c1)[C@@H]1C[C@H](C2CC2)N(C(=O)OC(C)C)c2ccc(OC(F)(F)F)cc21. The molecule has 4 rings (SSSR count). The number of nitrogens with zero attached hydrogens (tertiary/aromatic N) is 2. The van der Waals surface area contributed by atoms with Gasteiger partial charge in [-0.1, -0.05) is 0 Å². The summed E-state index contributed by atoms with van der Waals surface area (Å²) in [5.41, 5.74) is -3.84. The summed E-state index contributed by atoms with van der Waals surface area (Å²) in [6.07, 6.45) is -16.9. The number of benzene rings is 2. The van der Waals surface area contributed by atoms with Crippen molar-refractivity contribution >= 4 is 17.9 Å². The highest BCUT2D eigenvalue weighted by molar-refractivity contribution is 5.91. The van der Waals surface area contributed by atoms with Crippen LogP contribution in [0, 0.1) is 5.92 Å². The van der Waals surface area contributed by atoms with Crippen molar-refractivity contribution in [3.63, 3.8) is 0 Å². The normalized spacial score (nSPS) is 19.0. The Morgan fingerprint density at radius 1 is 0.932 bits per heavy atom. The van der Waals surface area contributed by atoms with Crippen LogP contribution in [0.2, 0.25) is 0 Å². The number of carbonyl (C=O) groups excluding carboxylic acids is 2. The Hall–Kier alpha value is -3.85. The number of alkyl halides is 9. The van der Waals surface area contributed by atoms with Gasteiger partial charge in [-0.15, -0.1) is 13.2 Å². The Kier molecular flexibility index (Phi) is 8.95. The van der Waals surface area contributed by atoms with E-state index >= 15 is 0 Å². The van der Waals surface area contributed by atoms with Crippen LogP contribution in [0.5, 0.6) is 5.75 Å². The number of hydrogen-bond donors (Lipinski definition) is 0. The molecule has 0 bridgehead atoms. The van der Waals surface area contributed by atoms with Gasteiger partial charge in [0.2, 0.25) is 0 Å². The fourth-order valence-corrected chi connectivity index (χ4v) is 5.25. The third-order valence-electron chi connectivity index (χ3n) is 7.13. The van der Waals surface area contributed by atoms with Gasteiger partial charge in [-0.25, -0.2) is 9.59 Å². The summed E-state index contributed by atoms with van der Waals surface area (Å²) >= 11 is 0. The number of halogens is 9. The van der Waals surface area contributed by atoms with E-state index in [9.17, 15) is 49.1 Å². The number of carbonyl (C=O) groups is 2. The molecule has 1 fully saturated rings. The molecule has 1 saturated carbocycles. The minimum Gasteiger partial charge on any atom is -0.453 e. The number of ether oxygens (including phenoxy) is 3. The Morgan fingerprint density at radius 2 is 1.52 bits per heavy atom. The lowest BCUT2D eigenvalue weighted by Gasteiger charge is -2.44. The summed E-state index contributed by atoms with van der Waals surface area (Å²) in [5, 5.41) is 0. The molecule has 1 aliphatic carbocycles. The Bertz CT molecular complexity index is 1350. The minimum absolute atomic E-state index is 0.0345. The first-order valence-corrected chi connectivity index (χ1v) is 13.3. The third-order valence-corrected chi connectivity index (χ3v) is 7.13. The fourth-order valence-electron chi connectivity index (χ4n) is 5.25. The number of amides is 2. The lowest BCUT2D eigenvalue weighted by molar-refractivity contribution is -0.274. The molecule has 2 amide bonds. The Balaban J connectivity index is 1.87. The molecule has 7 nitrogen and oxygen atoms in total. The van der Waals surface area contributed by atoms with Gasteiger partial charge in [0.15, 0.2) is 0 Å². The zero-order valence-corrected chi connectivity index (χ0v) is 23.4. The maximum absolute atomic E-state index is 13.6. The van der Waals surface area contributed by atoms with Crippen LogP contribution >= 0.6 is 0 Å². The van der Waals surface area contributed by atoms with Crippen molar-refractivity contribution in [2.45, 2.75) is 76.6 Å². The van der Waals surface area contributed by atoms with Crippen LogP contribution in [0.1, 0.15) is 61.4 Å². The smallest absolute Gasteiger partial charge is 0.453 e. The zero-order valence-electron chi connectivity index (χ0n) is 23.4. The van der Waals surface area contributed by atoms with Gasteiger partial charge in [-0.05, 0) is 81.0 Å². The fraction of sp³-hybridized carbons (Fsp3) is 0.500. The number of fused-ring (bicyclic) bond motifs is 1. The van der Waals surface area contributed by atoms with E-state index < -0.39 is 78.1 Å². The van der Waals surface area contributed by atoms with Crippen molar-refractivity contribution in [1.29, 1.82) is 0 Å².